The molecule has 0 unspecified atom stereocenters. The largest absolute Gasteiger partial charge is 0.475 e. The van der Waals surface area contributed by atoms with Crippen molar-refractivity contribution < 1.29 is 18.9 Å². The van der Waals surface area contributed by atoms with Crippen LogP contribution in [0.4, 0.5) is 5.69 Å². The van der Waals surface area contributed by atoms with Crippen LogP contribution in [0.1, 0.15) is 10.4 Å². The van der Waals surface area contributed by atoms with Gasteiger partial charge >= 0.3 is 0 Å². The van der Waals surface area contributed by atoms with E-state index in [0.29, 0.717) is 17.3 Å². The molecule has 3 rings (SSSR count). The van der Waals surface area contributed by atoms with Crippen molar-refractivity contribution in [2.45, 2.75) is 0 Å². The van der Waals surface area contributed by atoms with Crippen LogP contribution in [0.25, 0.3) is 11.5 Å². The van der Waals surface area contributed by atoms with Crippen LogP contribution < -0.4 is 10.1 Å². The maximum Gasteiger partial charge on any atom is 0.282 e. The summed E-state index contributed by atoms with van der Waals surface area (Å²) in [4.78, 5) is 22.4. The van der Waals surface area contributed by atoms with Crippen LogP contribution in [0.5, 0.6) is 5.88 Å². The number of benzene rings is 1. The molecule has 1 N–H and O–H groups in total. The zero-order valence-corrected chi connectivity index (χ0v) is 13.5. The van der Waals surface area contributed by atoms with Crippen molar-refractivity contribution in [1.29, 1.82) is 0 Å². The van der Waals surface area contributed by atoms with Gasteiger partial charge in [0.2, 0.25) is 5.88 Å². The van der Waals surface area contributed by atoms with E-state index in [2.05, 4.69) is 15.5 Å². The van der Waals surface area contributed by atoms with Crippen LogP contribution in [0.2, 0.25) is 0 Å². The van der Waals surface area contributed by atoms with Gasteiger partial charge in [-0.25, -0.2) is 0 Å². The standard InChI is InChI=1S/C17H14N4O5/c22-17(12-4-1-2-5-14(12)21(23)24)18-9-11-26-16-8-7-13(19-20-16)15-6-3-10-25-15/h1-8,10H,9,11H2,(H,18,22). The van der Waals surface area contributed by atoms with E-state index in [1.54, 1.807) is 36.6 Å². The Hall–Kier alpha value is -3.75. The molecule has 0 fully saturated rings. The minimum Gasteiger partial charge on any atom is -0.475 e. The third-order valence-corrected chi connectivity index (χ3v) is 3.40. The molecule has 0 spiro atoms. The van der Waals surface area contributed by atoms with E-state index in [9.17, 15) is 14.9 Å². The van der Waals surface area contributed by atoms with Crippen LogP contribution in [-0.2, 0) is 0 Å². The number of nitrogens with one attached hydrogen (secondary N) is 1. The molecule has 1 aromatic carbocycles. The van der Waals surface area contributed by atoms with E-state index >= 15 is 0 Å². The summed E-state index contributed by atoms with van der Waals surface area (Å²) in [6.45, 7) is 0.299. The molecule has 0 atom stereocenters. The lowest BCUT2D eigenvalue weighted by atomic mass is 10.1. The molecule has 0 saturated heterocycles. The van der Waals surface area contributed by atoms with Crippen LogP contribution >= 0.6 is 0 Å². The van der Waals surface area contributed by atoms with Gasteiger partial charge in [0.05, 0.1) is 17.7 Å². The molecular weight excluding hydrogens is 340 g/mol. The fourth-order valence-electron chi connectivity index (χ4n) is 2.19. The number of rotatable bonds is 7. The predicted molar refractivity (Wildman–Crippen MR) is 90.7 cm³/mol. The molecule has 1 amide bonds. The average Bonchev–Trinajstić information content (AvgIpc) is 3.20. The van der Waals surface area contributed by atoms with Crippen LogP contribution in [-0.4, -0.2) is 34.2 Å². The Labute approximate surface area is 147 Å². The van der Waals surface area contributed by atoms with E-state index in [-0.39, 0.29) is 24.4 Å². The molecule has 9 heteroatoms. The molecular formula is C17H14N4O5. The van der Waals surface area contributed by atoms with E-state index in [1.165, 1.54) is 18.2 Å². The van der Waals surface area contributed by atoms with Gasteiger partial charge in [0.1, 0.15) is 17.9 Å². The summed E-state index contributed by atoms with van der Waals surface area (Å²) in [7, 11) is 0. The number of nitrogens with zero attached hydrogens (tertiary/aromatic N) is 3. The van der Waals surface area contributed by atoms with Crippen LogP contribution in [0.3, 0.4) is 0 Å². The number of nitro groups is 1. The third kappa shape index (κ3) is 4.01. The van der Waals surface area contributed by atoms with Crippen LogP contribution in [0, 0.1) is 10.1 Å². The first-order valence-electron chi connectivity index (χ1n) is 7.67. The van der Waals surface area contributed by atoms with Gasteiger partial charge in [-0.1, -0.05) is 12.1 Å². The number of hydrogen-bond acceptors (Lipinski definition) is 7. The van der Waals surface area contributed by atoms with E-state index in [0.717, 1.165) is 0 Å². The van der Waals surface area contributed by atoms with Gasteiger partial charge in [-0.2, -0.15) is 0 Å². The van der Waals surface area contributed by atoms with Gasteiger partial charge in [0, 0.05) is 12.1 Å². The lowest BCUT2D eigenvalue weighted by Crippen LogP contribution is -2.28. The summed E-state index contributed by atoms with van der Waals surface area (Å²) in [5.41, 5.74) is 0.331. The Morgan fingerprint density at radius 1 is 1.15 bits per heavy atom. The van der Waals surface area contributed by atoms with Crippen molar-refractivity contribution in [2.24, 2.45) is 0 Å². The minimum atomic E-state index is -0.596. The van der Waals surface area contributed by atoms with E-state index in [1.807, 2.05) is 0 Å². The number of aromatic nitrogens is 2. The van der Waals surface area contributed by atoms with Gasteiger partial charge in [0.15, 0.2) is 5.76 Å². The molecule has 0 saturated carbocycles. The maximum atomic E-state index is 12.0. The Bertz CT molecular complexity index is 894. The van der Waals surface area contributed by atoms with Crippen molar-refractivity contribution in [3.63, 3.8) is 0 Å². The van der Waals surface area contributed by atoms with E-state index < -0.39 is 10.8 Å². The van der Waals surface area contributed by atoms with E-state index in [4.69, 9.17) is 9.15 Å². The molecule has 2 heterocycles. The topological polar surface area (TPSA) is 120 Å². The summed E-state index contributed by atoms with van der Waals surface area (Å²) in [5, 5.41) is 21.4. The molecule has 0 aliphatic carbocycles. The molecule has 132 valence electrons. The zero-order valence-electron chi connectivity index (χ0n) is 13.5. The van der Waals surface area contributed by atoms with Crippen molar-refractivity contribution in [1.82, 2.24) is 15.5 Å². The highest BCUT2D eigenvalue weighted by atomic mass is 16.6. The molecule has 0 aliphatic heterocycles. The number of nitro benzene ring substituents is 1. The summed E-state index contributed by atoms with van der Waals surface area (Å²) >= 11 is 0. The van der Waals surface area contributed by atoms with Gasteiger partial charge in [-0.05, 0) is 24.3 Å². The van der Waals surface area contributed by atoms with Crippen molar-refractivity contribution in [2.75, 3.05) is 13.2 Å². The lowest BCUT2D eigenvalue weighted by molar-refractivity contribution is -0.385. The van der Waals surface area contributed by atoms with Crippen molar-refractivity contribution in [3.8, 4) is 17.3 Å². The summed E-state index contributed by atoms with van der Waals surface area (Å²) in [6, 6.07) is 12.6. The quantitative estimate of drug-likeness (QED) is 0.393. The van der Waals surface area contributed by atoms with Crippen molar-refractivity contribution >= 4 is 11.6 Å². The highest BCUT2D eigenvalue weighted by Gasteiger charge is 2.18. The summed E-state index contributed by atoms with van der Waals surface area (Å²) < 4.78 is 10.6. The highest BCUT2D eigenvalue weighted by molar-refractivity contribution is 5.98. The van der Waals surface area contributed by atoms with Crippen LogP contribution in [0.15, 0.2) is 59.2 Å². The molecule has 2 aromatic heterocycles. The van der Waals surface area contributed by atoms with Gasteiger partial charge < -0.3 is 14.5 Å². The number of ether oxygens (including phenoxy) is 1. The SMILES string of the molecule is O=C(NCCOc1ccc(-c2ccco2)nn1)c1ccccc1[N+](=O)[O-]. The number of carbonyl (C=O) groups is 1. The third-order valence-electron chi connectivity index (χ3n) is 3.40. The Morgan fingerprint density at radius 3 is 2.69 bits per heavy atom. The fourth-order valence-corrected chi connectivity index (χ4v) is 2.19. The predicted octanol–water partition coefficient (Wildman–Crippen LogP) is 2.45. The molecule has 3 aromatic rings. The maximum absolute atomic E-state index is 12.0. The Kier molecular flexibility index (Phi) is 5.18. The minimum absolute atomic E-state index is 0.0000856. The molecule has 0 radical (unpaired) electrons. The van der Waals surface area contributed by atoms with Gasteiger partial charge in [-0.15, -0.1) is 10.2 Å². The molecule has 0 bridgehead atoms. The van der Waals surface area contributed by atoms with Crippen molar-refractivity contribution in [3.05, 3.63) is 70.5 Å². The summed E-state index contributed by atoms with van der Waals surface area (Å²) in [5.74, 6) is 0.348. The molecule has 26 heavy (non-hydrogen) atoms. The second-order valence-electron chi connectivity index (χ2n) is 5.11. The second-order valence-corrected chi connectivity index (χ2v) is 5.11. The molecule has 0 aliphatic rings. The second kappa shape index (κ2) is 7.88. The fraction of sp³-hybridized carbons (Fsp3) is 0.118. The summed E-state index contributed by atoms with van der Waals surface area (Å²) in [6.07, 6.45) is 1.54. The van der Waals surface area contributed by atoms with Gasteiger partial charge in [-0.3, -0.25) is 14.9 Å². The Morgan fingerprint density at radius 2 is 2.00 bits per heavy atom. The first-order chi connectivity index (χ1) is 12.6. The number of para-hydroxylation sites is 1. The zero-order chi connectivity index (χ0) is 18.4. The average molecular weight is 354 g/mol. The normalized spacial score (nSPS) is 10.3. The molecule has 9 nitrogen and oxygen atoms in total. The lowest BCUT2D eigenvalue weighted by Gasteiger charge is -2.07. The smallest absolute Gasteiger partial charge is 0.282 e. The first kappa shape index (κ1) is 17.1. The monoisotopic (exact) mass is 354 g/mol. The Balaban J connectivity index is 1.50. The number of hydrogen-bond donors (Lipinski definition) is 1. The van der Waals surface area contributed by atoms with Gasteiger partial charge in [0.25, 0.3) is 11.6 Å². The number of furan rings is 1. The first-order valence-corrected chi connectivity index (χ1v) is 7.67. The number of carbonyl (C=O) groups excluding carboxylic acids is 1. The highest BCUT2D eigenvalue weighted by Crippen LogP contribution is 2.18. The number of amides is 1.